The second-order valence-electron chi connectivity index (χ2n) is 7.74. The fraction of sp³-hybridized carbons (Fsp3) is 0.450. The fourth-order valence-corrected chi connectivity index (χ4v) is 5.07. The first kappa shape index (κ1) is 24.9. The predicted octanol–water partition coefficient (Wildman–Crippen LogP) is 2.39. The zero-order chi connectivity index (χ0) is 24.1. The highest BCUT2D eigenvalue weighted by Crippen LogP contribution is 2.38. The van der Waals surface area contributed by atoms with Crippen molar-refractivity contribution < 1.29 is 36.2 Å². The van der Waals surface area contributed by atoms with Gasteiger partial charge in [-0.25, -0.2) is 23.2 Å². The maximum absolute atomic E-state index is 12.6. The number of aromatic nitrogens is 2. The van der Waals surface area contributed by atoms with E-state index in [4.69, 9.17) is 14.6 Å². The molecule has 1 unspecified atom stereocenters. The molecule has 180 valence electrons. The summed E-state index contributed by atoms with van der Waals surface area (Å²) in [4.78, 5) is 17.5. The molecule has 13 heteroatoms. The maximum Gasteiger partial charge on any atom is 0.490 e. The van der Waals surface area contributed by atoms with Crippen molar-refractivity contribution >= 4 is 21.9 Å². The van der Waals surface area contributed by atoms with Gasteiger partial charge < -0.3 is 15.2 Å². The lowest BCUT2D eigenvalue weighted by molar-refractivity contribution is -0.192. The van der Waals surface area contributed by atoms with Crippen LogP contribution in [0, 0.1) is 5.92 Å². The lowest BCUT2D eigenvalue weighted by atomic mass is 9.84. The van der Waals surface area contributed by atoms with Gasteiger partial charge in [0.2, 0.25) is 16.0 Å². The van der Waals surface area contributed by atoms with Crippen LogP contribution in [0.4, 0.5) is 19.1 Å². The van der Waals surface area contributed by atoms with E-state index in [0.29, 0.717) is 36.5 Å². The maximum atomic E-state index is 12.6. The summed E-state index contributed by atoms with van der Waals surface area (Å²) in [6, 6.07) is 10.4. The van der Waals surface area contributed by atoms with E-state index in [1.54, 1.807) is 42.7 Å². The zero-order valence-electron chi connectivity index (χ0n) is 17.4. The number of carboxylic acid groups (broad SMARTS) is 1. The number of ether oxygens (including phenoxy) is 1. The Morgan fingerprint density at radius 1 is 1.18 bits per heavy atom. The van der Waals surface area contributed by atoms with Crippen LogP contribution in [0.3, 0.4) is 0 Å². The molecule has 1 atom stereocenters. The minimum atomic E-state index is -5.08. The van der Waals surface area contributed by atoms with Gasteiger partial charge >= 0.3 is 12.1 Å². The quantitative estimate of drug-likeness (QED) is 0.658. The molecular weight excluding hydrogens is 465 g/mol. The summed E-state index contributed by atoms with van der Waals surface area (Å²) >= 11 is 0. The van der Waals surface area contributed by atoms with Crippen LogP contribution in [0.2, 0.25) is 0 Å². The minimum Gasteiger partial charge on any atom is -0.475 e. The SMILES string of the molecule is O=C(O)C(F)(F)F.O=S(=O)(c1ccccc1)N1CC2(CCC(CNc3ncccn3)CO2)C1. The lowest BCUT2D eigenvalue weighted by Crippen LogP contribution is -2.66. The molecule has 0 saturated carbocycles. The highest BCUT2D eigenvalue weighted by molar-refractivity contribution is 7.89. The van der Waals surface area contributed by atoms with Crippen molar-refractivity contribution in [3.05, 3.63) is 48.8 Å². The Balaban J connectivity index is 0.000000383. The first-order valence-corrected chi connectivity index (χ1v) is 11.5. The summed E-state index contributed by atoms with van der Waals surface area (Å²) in [5, 5.41) is 10.3. The van der Waals surface area contributed by atoms with Gasteiger partial charge in [-0.2, -0.15) is 17.5 Å². The van der Waals surface area contributed by atoms with Gasteiger partial charge in [0.1, 0.15) is 0 Å². The third-order valence-electron chi connectivity index (χ3n) is 5.30. The summed E-state index contributed by atoms with van der Waals surface area (Å²) in [5.74, 6) is -1.76. The molecule has 2 fully saturated rings. The predicted molar refractivity (Wildman–Crippen MR) is 111 cm³/mol. The number of hydrogen-bond donors (Lipinski definition) is 2. The summed E-state index contributed by atoms with van der Waals surface area (Å²) in [6.45, 7) is 2.25. The molecule has 2 saturated heterocycles. The highest BCUT2D eigenvalue weighted by atomic mass is 32.2. The Bertz CT molecular complexity index is 1020. The Morgan fingerprint density at radius 2 is 1.79 bits per heavy atom. The van der Waals surface area contributed by atoms with Crippen LogP contribution >= 0.6 is 0 Å². The number of rotatable bonds is 5. The number of sulfonamides is 1. The van der Waals surface area contributed by atoms with Crippen molar-refractivity contribution in [1.29, 1.82) is 0 Å². The topological polar surface area (TPSA) is 122 Å². The van der Waals surface area contributed by atoms with Crippen LogP contribution < -0.4 is 5.32 Å². The molecule has 9 nitrogen and oxygen atoms in total. The number of hydrogen-bond acceptors (Lipinski definition) is 7. The van der Waals surface area contributed by atoms with Crippen molar-refractivity contribution in [2.45, 2.75) is 29.5 Å². The summed E-state index contributed by atoms with van der Waals surface area (Å²) in [5.41, 5.74) is -0.318. The minimum absolute atomic E-state index is 0.318. The Hall–Kier alpha value is -2.77. The molecule has 0 radical (unpaired) electrons. The third-order valence-corrected chi connectivity index (χ3v) is 7.11. The van der Waals surface area contributed by atoms with E-state index in [-0.39, 0.29) is 5.60 Å². The van der Waals surface area contributed by atoms with E-state index in [9.17, 15) is 21.6 Å². The largest absolute Gasteiger partial charge is 0.490 e. The first-order chi connectivity index (χ1) is 15.5. The number of carbonyl (C=O) groups is 1. The first-order valence-electron chi connectivity index (χ1n) is 10.0. The van der Waals surface area contributed by atoms with Gasteiger partial charge in [-0.3, -0.25) is 0 Å². The summed E-state index contributed by atoms with van der Waals surface area (Å²) < 4.78 is 64.5. The van der Waals surface area contributed by atoms with E-state index in [1.165, 1.54) is 4.31 Å². The monoisotopic (exact) mass is 488 g/mol. The van der Waals surface area contributed by atoms with Crippen LogP contribution in [0.15, 0.2) is 53.7 Å². The molecule has 1 aromatic carbocycles. The number of carboxylic acids is 1. The standard InChI is InChI=1S/C18H22N4O3S.C2HF3O2/c23-26(24,16-5-2-1-3-6-16)22-13-18(14-22)8-7-15(12-25-18)11-21-17-19-9-4-10-20-17;3-2(4,5)1(6)7/h1-6,9-10,15H,7-8,11-14H2,(H,19,20,21);(H,6,7). The molecule has 0 aliphatic carbocycles. The number of nitrogens with one attached hydrogen (secondary N) is 1. The van der Waals surface area contributed by atoms with Crippen LogP contribution in [0.5, 0.6) is 0 Å². The van der Waals surface area contributed by atoms with Gasteiger partial charge in [-0.15, -0.1) is 0 Å². The van der Waals surface area contributed by atoms with Crippen molar-refractivity contribution in [2.75, 3.05) is 31.6 Å². The molecule has 0 bridgehead atoms. The fourth-order valence-electron chi connectivity index (χ4n) is 3.46. The van der Waals surface area contributed by atoms with Crippen molar-refractivity contribution in [3.8, 4) is 0 Å². The number of benzene rings is 1. The van der Waals surface area contributed by atoms with Gasteiger partial charge in [0.05, 0.1) is 17.1 Å². The number of nitrogens with zero attached hydrogens (tertiary/aromatic N) is 3. The molecule has 33 heavy (non-hydrogen) atoms. The van der Waals surface area contributed by atoms with Crippen molar-refractivity contribution in [1.82, 2.24) is 14.3 Å². The molecule has 2 N–H and O–H groups in total. The van der Waals surface area contributed by atoms with Crippen LogP contribution in [0.1, 0.15) is 12.8 Å². The number of alkyl halides is 3. The molecule has 2 aliphatic heterocycles. The van der Waals surface area contributed by atoms with Gasteiger partial charge in [0.25, 0.3) is 0 Å². The van der Waals surface area contributed by atoms with E-state index in [2.05, 4.69) is 15.3 Å². The summed E-state index contributed by atoms with van der Waals surface area (Å²) in [6.07, 6.45) is 0.199. The molecule has 1 aromatic heterocycles. The molecular formula is C20H23F3N4O5S. The number of anilines is 1. The second kappa shape index (κ2) is 10.0. The van der Waals surface area contributed by atoms with E-state index in [0.717, 1.165) is 19.4 Å². The van der Waals surface area contributed by atoms with Crippen molar-refractivity contribution in [3.63, 3.8) is 0 Å². The van der Waals surface area contributed by atoms with Gasteiger partial charge in [-0.1, -0.05) is 18.2 Å². The van der Waals surface area contributed by atoms with Crippen LogP contribution in [-0.4, -0.2) is 71.8 Å². The van der Waals surface area contributed by atoms with E-state index < -0.39 is 22.2 Å². The summed E-state index contributed by atoms with van der Waals surface area (Å²) in [7, 11) is -3.41. The molecule has 3 heterocycles. The Morgan fingerprint density at radius 3 is 2.30 bits per heavy atom. The highest BCUT2D eigenvalue weighted by Gasteiger charge is 2.51. The van der Waals surface area contributed by atoms with E-state index >= 15 is 0 Å². The van der Waals surface area contributed by atoms with Crippen LogP contribution in [0.25, 0.3) is 0 Å². The molecule has 2 aliphatic rings. The average molecular weight is 488 g/mol. The van der Waals surface area contributed by atoms with Gasteiger partial charge in [0.15, 0.2) is 0 Å². The second-order valence-corrected chi connectivity index (χ2v) is 9.68. The number of aliphatic carboxylic acids is 1. The molecule has 1 spiro atoms. The lowest BCUT2D eigenvalue weighted by Gasteiger charge is -2.51. The zero-order valence-corrected chi connectivity index (χ0v) is 18.2. The van der Waals surface area contributed by atoms with E-state index in [1.807, 2.05) is 6.07 Å². The van der Waals surface area contributed by atoms with Crippen LogP contribution in [-0.2, 0) is 19.6 Å². The molecule has 0 amide bonds. The smallest absolute Gasteiger partial charge is 0.475 e. The van der Waals surface area contributed by atoms with Crippen molar-refractivity contribution in [2.24, 2.45) is 5.92 Å². The molecule has 4 rings (SSSR count). The molecule has 2 aromatic rings. The average Bonchev–Trinajstić information content (AvgIpc) is 2.77. The van der Waals surface area contributed by atoms with Gasteiger partial charge in [0, 0.05) is 32.0 Å². The Kier molecular flexibility index (Phi) is 7.55. The number of halogens is 3. The normalized spacial score (nSPS) is 20.3. The van der Waals surface area contributed by atoms with Gasteiger partial charge in [-0.05, 0) is 37.0 Å². The third kappa shape index (κ3) is 6.39. The Labute approximate surface area is 188 Å².